The van der Waals surface area contributed by atoms with E-state index in [1.54, 1.807) is 0 Å². The second-order valence-electron chi connectivity index (χ2n) is 6.77. The molecule has 2 heterocycles. The average molecular weight is 321 g/mol. The van der Waals surface area contributed by atoms with Gasteiger partial charge in [0.15, 0.2) is 0 Å². The fourth-order valence-electron chi connectivity index (χ4n) is 3.70. The molecule has 1 aliphatic rings. The number of hydrogen-bond acceptors (Lipinski definition) is 3. The molecular weight excluding hydrogens is 298 g/mol. The topological polar surface area (TPSA) is 52.1 Å². The molecule has 24 heavy (non-hydrogen) atoms. The first-order chi connectivity index (χ1) is 11.8. The Bertz CT molecular complexity index is 793. The number of nitrogens with zero attached hydrogens (tertiary/aromatic N) is 2. The Kier molecular flexibility index (Phi) is 4.32. The van der Waals surface area contributed by atoms with Crippen LogP contribution >= 0.6 is 0 Å². The van der Waals surface area contributed by atoms with E-state index >= 15 is 0 Å². The van der Waals surface area contributed by atoms with Gasteiger partial charge in [0.2, 0.25) is 0 Å². The van der Waals surface area contributed by atoms with Crippen molar-refractivity contribution < 1.29 is 5.11 Å². The van der Waals surface area contributed by atoms with Gasteiger partial charge in [-0.1, -0.05) is 36.4 Å². The van der Waals surface area contributed by atoms with Crippen molar-refractivity contribution in [3.05, 3.63) is 65.5 Å². The monoisotopic (exact) mass is 321 g/mol. The molecule has 1 fully saturated rings. The lowest BCUT2D eigenvalue weighted by atomic mass is 9.97. The fourth-order valence-corrected chi connectivity index (χ4v) is 3.70. The fraction of sp³-hybridized carbons (Fsp3) is 0.350. The summed E-state index contributed by atoms with van der Waals surface area (Å²) in [5.74, 6) is 1.74. The summed E-state index contributed by atoms with van der Waals surface area (Å²) in [6.07, 6.45) is 2.31. The van der Waals surface area contributed by atoms with Gasteiger partial charge in [0, 0.05) is 6.54 Å². The number of aliphatic hydroxyl groups is 1. The van der Waals surface area contributed by atoms with Crippen molar-refractivity contribution in [2.24, 2.45) is 5.92 Å². The molecule has 4 heteroatoms. The van der Waals surface area contributed by atoms with Crippen LogP contribution in [0.1, 0.15) is 23.4 Å². The van der Waals surface area contributed by atoms with Crippen molar-refractivity contribution in [3.63, 3.8) is 0 Å². The summed E-state index contributed by atoms with van der Waals surface area (Å²) >= 11 is 0. The van der Waals surface area contributed by atoms with E-state index in [0.717, 1.165) is 48.5 Å². The van der Waals surface area contributed by atoms with Crippen molar-refractivity contribution in [1.82, 2.24) is 14.9 Å². The number of likely N-dealkylation sites (tertiary alicyclic amines) is 1. The minimum absolute atomic E-state index is 0.122. The number of fused-ring (bicyclic) bond motifs is 1. The number of aliphatic hydroxyl groups excluding tert-OH is 1. The van der Waals surface area contributed by atoms with Crippen molar-refractivity contribution >= 4 is 11.0 Å². The predicted molar refractivity (Wildman–Crippen MR) is 95.5 cm³/mol. The lowest BCUT2D eigenvalue weighted by molar-refractivity contribution is 0.281. The SMILES string of the molecule is OCc1cccc(C[C@H]2CCN(Cc3nc4ccccc4[nH]3)C2)c1. The van der Waals surface area contributed by atoms with Gasteiger partial charge in [-0.2, -0.15) is 0 Å². The molecule has 124 valence electrons. The Balaban J connectivity index is 1.37. The standard InChI is InChI=1S/C20H23N3O/c24-14-17-5-3-4-15(11-17)10-16-8-9-23(12-16)13-20-21-18-6-1-2-7-19(18)22-20/h1-7,11,16,24H,8-10,12-14H2,(H,21,22)/t16-/m1/s1. The van der Waals surface area contributed by atoms with Crippen LogP contribution < -0.4 is 0 Å². The smallest absolute Gasteiger partial charge is 0.121 e. The molecule has 0 bridgehead atoms. The first kappa shape index (κ1) is 15.4. The molecule has 1 aromatic heterocycles. The number of rotatable bonds is 5. The maximum Gasteiger partial charge on any atom is 0.121 e. The number of nitrogens with one attached hydrogen (secondary N) is 1. The summed E-state index contributed by atoms with van der Waals surface area (Å²) in [5.41, 5.74) is 4.50. The molecule has 0 saturated carbocycles. The highest BCUT2D eigenvalue weighted by molar-refractivity contribution is 5.74. The zero-order valence-electron chi connectivity index (χ0n) is 13.8. The molecule has 0 radical (unpaired) electrons. The Labute approximate surface area is 142 Å². The van der Waals surface area contributed by atoms with Gasteiger partial charge < -0.3 is 10.1 Å². The summed E-state index contributed by atoms with van der Waals surface area (Å²) < 4.78 is 0. The minimum Gasteiger partial charge on any atom is -0.392 e. The first-order valence-corrected chi connectivity index (χ1v) is 8.65. The number of aromatic nitrogens is 2. The predicted octanol–water partition coefficient (Wildman–Crippen LogP) is 3.12. The number of aromatic amines is 1. The maximum absolute atomic E-state index is 9.27. The summed E-state index contributed by atoms with van der Waals surface area (Å²) in [6.45, 7) is 3.25. The molecular formula is C20H23N3O. The van der Waals surface area contributed by atoms with E-state index < -0.39 is 0 Å². The summed E-state index contributed by atoms with van der Waals surface area (Å²) in [5, 5.41) is 9.27. The van der Waals surface area contributed by atoms with Crippen LogP contribution in [0.2, 0.25) is 0 Å². The van der Waals surface area contributed by atoms with E-state index in [9.17, 15) is 5.11 Å². The van der Waals surface area contributed by atoms with Crippen LogP contribution in [0, 0.1) is 5.92 Å². The third-order valence-electron chi connectivity index (χ3n) is 4.88. The van der Waals surface area contributed by atoms with E-state index in [2.05, 4.69) is 39.1 Å². The molecule has 4 nitrogen and oxygen atoms in total. The van der Waals surface area contributed by atoms with Crippen LogP contribution in [0.4, 0.5) is 0 Å². The third-order valence-corrected chi connectivity index (χ3v) is 4.88. The average Bonchev–Trinajstić information content (AvgIpc) is 3.21. The van der Waals surface area contributed by atoms with Gasteiger partial charge in [0.1, 0.15) is 5.82 Å². The number of imidazole rings is 1. The molecule has 4 rings (SSSR count). The van der Waals surface area contributed by atoms with Crippen LogP contribution in [0.3, 0.4) is 0 Å². The van der Waals surface area contributed by atoms with E-state index in [0.29, 0.717) is 5.92 Å². The molecule has 1 atom stereocenters. The Morgan fingerprint density at radius 2 is 2.00 bits per heavy atom. The number of hydrogen-bond donors (Lipinski definition) is 2. The quantitative estimate of drug-likeness (QED) is 0.759. The van der Waals surface area contributed by atoms with E-state index in [1.165, 1.54) is 12.0 Å². The molecule has 0 spiro atoms. The van der Waals surface area contributed by atoms with Gasteiger partial charge in [-0.15, -0.1) is 0 Å². The number of H-pyrrole nitrogens is 1. The van der Waals surface area contributed by atoms with Crippen molar-refractivity contribution in [2.45, 2.75) is 26.0 Å². The lowest BCUT2D eigenvalue weighted by Crippen LogP contribution is -2.21. The lowest BCUT2D eigenvalue weighted by Gasteiger charge is -2.14. The van der Waals surface area contributed by atoms with Gasteiger partial charge in [-0.05, 0) is 48.6 Å². The van der Waals surface area contributed by atoms with Gasteiger partial charge in [0.05, 0.1) is 24.2 Å². The number of benzene rings is 2. The summed E-state index contributed by atoms with van der Waals surface area (Å²) in [4.78, 5) is 10.6. The Hall–Kier alpha value is -2.17. The van der Waals surface area contributed by atoms with Crippen LogP contribution in [-0.2, 0) is 19.6 Å². The molecule has 3 aromatic rings. The third kappa shape index (κ3) is 3.35. The van der Waals surface area contributed by atoms with Crippen molar-refractivity contribution in [1.29, 1.82) is 0 Å². The molecule has 2 N–H and O–H groups in total. The van der Waals surface area contributed by atoms with Gasteiger partial charge >= 0.3 is 0 Å². The molecule has 2 aromatic carbocycles. The van der Waals surface area contributed by atoms with Gasteiger partial charge in [-0.25, -0.2) is 4.98 Å². The second kappa shape index (κ2) is 6.75. The summed E-state index contributed by atoms with van der Waals surface area (Å²) in [7, 11) is 0. The second-order valence-corrected chi connectivity index (χ2v) is 6.77. The van der Waals surface area contributed by atoms with Crippen LogP contribution in [0.5, 0.6) is 0 Å². The van der Waals surface area contributed by atoms with Crippen LogP contribution in [0.15, 0.2) is 48.5 Å². The van der Waals surface area contributed by atoms with Crippen molar-refractivity contribution in [2.75, 3.05) is 13.1 Å². The Morgan fingerprint density at radius 3 is 2.88 bits per heavy atom. The highest BCUT2D eigenvalue weighted by Gasteiger charge is 2.23. The molecule has 0 unspecified atom stereocenters. The largest absolute Gasteiger partial charge is 0.392 e. The molecule has 0 amide bonds. The van der Waals surface area contributed by atoms with Crippen LogP contribution in [-0.4, -0.2) is 33.1 Å². The zero-order valence-corrected chi connectivity index (χ0v) is 13.8. The minimum atomic E-state index is 0.122. The van der Waals surface area contributed by atoms with E-state index in [4.69, 9.17) is 0 Å². The van der Waals surface area contributed by atoms with E-state index in [-0.39, 0.29) is 6.61 Å². The Morgan fingerprint density at radius 1 is 1.12 bits per heavy atom. The first-order valence-electron chi connectivity index (χ1n) is 8.65. The zero-order chi connectivity index (χ0) is 16.4. The molecule has 1 aliphatic heterocycles. The molecule has 0 aliphatic carbocycles. The highest BCUT2D eigenvalue weighted by Crippen LogP contribution is 2.23. The van der Waals surface area contributed by atoms with E-state index in [1.807, 2.05) is 24.3 Å². The summed E-state index contributed by atoms with van der Waals surface area (Å²) in [6, 6.07) is 16.5. The molecule has 1 saturated heterocycles. The van der Waals surface area contributed by atoms with Crippen LogP contribution in [0.25, 0.3) is 11.0 Å². The maximum atomic E-state index is 9.27. The normalized spacial score (nSPS) is 18.5. The van der Waals surface area contributed by atoms with Crippen molar-refractivity contribution in [3.8, 4) is 0 Å². The van der Waals surface area contributed by atoms with Gasteiger partial charge in [0.25, 0.3) is 0 Å². The highest BCUT2D eigenvalue weighted by atomic mass is 16.3. The van der Waals surface area contributed by atoms with Gasteiger partial charge in [-0.3, -0.25) is 4.90 Å². The number of para-hydroxylation sites is 2.